The molecule has 1 radical (unpaired) electrons. The smallest absolute Gasteiger partial charge is 0.416 e. The van der Waals surface area contributed by atoms with Crippen molar-refractivity contribution in [2.45, 2.75) is 63.9 Å². The van der Waals surface area contributed by atoms with Gasteiger partial charge in [-0.05, 0) is 52.0 Å². The number of benzene rings is 1. The Labute approximate surface area is 128 Å². The summed E-state index contributed by atoms with van der Waals surface area (Å²) < 4.78 is 43.4. The molecule has 1 aromatic carbocycles. The molecule has 1 aliphatic heterocycles. The largest absolute Gasteiger partial charge is 0.490 e. The van der Waals surface area contributed by atoms with Crippen LogP contribution in [0.25, 0.3) is 0 Å². The molecule has 0 spiro atoms. The zero-order chi connectivity index (χ0) is 16.8. The molecule has 6 heteroatoms. The Balaban J connectivity index is 2.11. The SMILES string of the molecule is CC1(C)CC(Oc2ccc(C(F)(F)F)cc2)CC(C)(C)N1[O]. The van der Waals surface area contributed by atoms with Crippen LogP contribution in [0.1, 0.15) is 46.1 Å². The topological polar surface area (TPSA) is 32.4 Å². The minimum atomic E-state index is -4.35. The second kappa shape index (κ2) is 5.42. The Morgan fingerprint density at radius 2 is 1.50 bits per heavy atom. The Morgan fingerprint density at radius 3 is 1.91 bits per heavy atom. The molecule has 0 unspecified atom stereocenters. The maximum Gasteiger partial charge on any atom is 0.416 e. The molecule has 22 heavy (non-hydrogen) atoms. The molecule has 1 heterocycles. The number of rotatable bonds is 2. The second-order valence-electron chi connectivity index (χ2n) is 7.09. The van der Waals surface area contributed by atoms with Crippen molar-refractivity contribution in [1.29, 1.82) is 0 Å². The molecule has 0 atom stereocenters. The van der Waals surface area contributed by atoms with Gasteiger partial charge in [0.2, 0.25) is 0 Å². The highest BCUT2D eigenvalue weighted by atomic mass is 19.4. The van der Waals surface area contributed by atoms with Gasteiger partial charge in [0, 0.05) is 23.9 Å². The summed E-state index contributed by atoms with van der Waals surface area (Å²) in [4.78, 5) is 0. The highest BCUT2D eigenvalue weighted by Crippen LogP contribution is 2.39. The van der Waals surface area contributed by atoms with Crippen LogP contribution in [0.3, 0.4) is 0 Å². The molecule has 0 amide bonds. The number of halogens is 3. The molecule has 0 N–H and O–H groups in total. The monoisotopic (exact) mass is 316 g/mol. The van der Waals surface area contributed by atoms with E-state index < -0.39 is 22.8 Å². The molecule has 1 saturated heterocycles. The lowest BCUT2D eigenvalue weighted by Crippen LogP contribution is -2.60. The molecule has 0 aromatic heterocycles. The van der Waals surface area contributed by atoms with Crippen LogP contribution in [0.4, 0.5) is 13.2 Å². The van der Waals surface area contributed by atoms with Gasteiger partial charge in [0.15, 0.2) is 0 Å². The Bertz CT molecular complexity index is 505. The van der Waals surface area contributed by atoms with Crippen molar-refractivity contribution in [2.75, 3.05) is 0 Å². The number of hydrogen-bond donors (Lipinski definition) is 0. The van der Waals surface area contributed by atoms with E-state index in [2.05, 4.69) is 0 Å². The zero-order valence-corrected chi connectivity index (χ0v) is 13.2. The summed E-state index contributed by atoms with van der Waals surface area (Å²) in [5, 5.41) is 13.3. The summed E-state index contributed by atoms with van der Waals surface area (Å²) in [5.41, 5.74) is -1.84. The minimum Gasteiger partial charge on any atom is -0.490 e. The maximum atomic E-state index is 12.5. The first-order valence-electron chi connectivity index (χ1n) is 7.23. The van der Waals surface area contributed by atoms with Crippen molar-refractivity contribution in [1.82, 2.24) is 5.06 Å². The van der Waals surface area contributed by atoms with E-state index >= 15 is 0 Å². The van der Waals surface area contributed by atoms with Crippen LogP contribution < -0.4 is 4.74 Å². The van der Waals surface area contributed by atoms with E-state index in [1.807, 2.05) is 27.7 Å². The van der Waals surface area contributed by atoms with Crippen molar-refractivity contribution in [3.63, 3.8) is 0 Å². The van der Waals surface area contributed by atoms with Crippen LogP contribution in [0.15, 0.2) is 24.3 Å². The standard InChI is InChI=1S/C16H21F3NO2/c1-14(2)9-13(10-15(3,4)20(14)21)22-12-7-5-11(6-8-12)16(17,18)19/h5-8,13H,9-10H2,1-4H3. The summed E-state index contributed by atoms with van der Waals surface area (Å²) in [6.07, 6.45) is -3.50. The molecule has 123 valence electrons. The van der Waals surface area contributed by atoms with E-state index in [0.717, 1.165) is 17.2 Å². The lowest BCUT2D eigenvalue weighted by molar-refractivity contribution is -0.296. The first-order valence-corrected chi connectivity index (χ1v) is 7.23. The Hall–Kier alpha value is -1.27. The molecular weight excluding hydrogens is 295 g/mol. The van der Waals surface area contributed by atoms with Crippen LogP contribution in [0.5, 0.6) is 5.75 Å². The molecule has 1 aromatic rings. The molecule has 1 aliphatic rings. The summed E-state index contributed by atoms with van der Waals surface area (Å²) in [5.74, 6) is 0.393. The van der Waals surface area contributed by atoms with Crippen LogP contribution in [-0.2, 0) is 11.4 Å². The number of piperidine rings is 1. The third-order valence-electron chi connectivity index (χ3n) is 4.04. The fraction of sp³-hybridized carbons (Fsp3) is 0.625. The van der Waals surface area contributed by atoms with Crippen molar-refractivity contribution < 1.29 is 23.1 Å². The van der Waals surface area contributed by atoms with Gasteiger partial charge in [-0.3, -0.25) is 0 Å². The Morgan fingerprint density at radius 1 is 1.05 bits per heavy atom. The fourth-order valence-corrected chi connectivity index (χ4v) is 3.17. The predicted octanol–water partition coefficient (Wildman–Crippen LogP) is 4.45. The van der Waals surface area contributed by atoms with Gasteiger partial charge in [-0.25, -0.2) is 0 Å². The van der Waals surface area contributed by atoms with E-state index in [1.54, 1.807) is 0 Å². The van der Waals surface area contributed by atoms with Crippen molar-refractivity contribution >= 4 is 0 Å². The first kappa shape index (κ1) is 17.1. The quantitative estimate of drug-likeness (QED) is 0.807. The average Bonchev–Trinajstić information content (AvgIpc) is 2.35. The number of nitrogens with zero attached hydrogens (tertiary/aromatic N) is 1. The molecule has 2 rings (SSSR count). The first-order chi connectivity index (χ1) is 9.92. The highest BCUT2D eigenvalue weighted by Gasteiger charge is 2.47. The van der Waals surface area contributed by atoms with Crippen LogP contribution in [-0.4, -0.2) is 22.2 Å². The van der Waals surface area contributed by atoms with E-state index in [-0.39, 0.29) is 6.10 Å². The van der Waals surface area contributed by atoms with E-state index in [9.17, 15) is 18.4 Å². The number of ether oxygens (including phenoxy) is 1. The highest BCUT2D eigenvalue weighted by molar-refractivity contribution is 5.29. The van der Waals surface area contributed by atoms with Gasteiger partial charge in [-0.1, -0.05) is 0 Å². The summed E-state index contributed by atoms with van der Waals surface area (Å²) in [6.45, 7) is 7.40. The lowest BCUT2D eigenvalue weighted by Gasteiger charge is -2.49. The molecular formula is C16H21F3NO2. The van der Waals surface area contributed by atoms with Gasteiger partial charge in [0.05, 0.1) is 5.56 Å². The van der Waals surface area contributed by atoms with Crippen molar-refractivity contribution in [3.8, 4) is 5.75 Å². The second-order valence-corrected chi connectivity index (χ2v) is 7.09. The molecule has 0 aliphatic carbocycles. The Kier molecular flexibility index (Phi) is 4.21. The van der Waals surface area contributed by atoms with Crippen LogP contribution in [0.2, 0.25) is 0 Å². The average molecular weight is 316 g/mol. The summed E-state index contributed by atoms with van der Waals surface area (Å²) in [7, 11) is 0. The molecule has 1 fully saturated rings. The lowest BCUT2D eigenvalue weighted by atomic mass is 9.80. The number of alkyl halides is 3. The van der Waals surface area contributed by atoms with Gasteiger partial charge in [-0.15, -0.1) is 10.3 Å². The maximum absolute atomic E-state index is 12.5. The van der Waals surface area contributed by atoms with Gasteiger partial charge < -0.3 is 4.74 Å². The van der Waals surface area contributed by atoms with Crippen LogP contribution in [0, 0.1) is 0 Å². The van der Waals surface area contributed by atoms with Gasteiger partial charge >= 0.3 is 6.18 Å². The number of hydrogen-bond acceptors (Lipinski definition) is 2. The summed E-state index contributed by atoms with van der Waals surface area (Å²) >= 11 is 0. The van der Waals surface area contributed by atoms with Crippen molar-refractivity contribution in [3.05, 3.63) is 29.8 Å². The third kappa shape index (κ3) is 3.55. The third-order valence-corrected chi connectivity index (χ3v) is 4.04. The van der Waals surface area contributed by atoms with Gasteiger partial charge in [0.1, 0.15) is 11.9 Å². The van der Waals surface area contributed by atoms with Gasteiger partial charge in [0.25, 0.3) is 0 Å². The van der Waals surface area contributed by atoms with E-state index in [1.165, 1.54) is 12.1 Å². The molecule has 0 saturated carbocycles. The van der Waals surface area contributed by atoms with Crippen LogP contribution >= 0.6 is 0 Å². The normalized spacial score (nSPS) is 22.5. The number of hydroxylamine groups is 2. The zero-order valence-electron chi connectivity index (χ0n) is 13.2. The predicted molar refractivity (Wildman–Crippen MR) is 75.8 cm³/mol. The summed E-state index contributed by atoms with van der Waals surface area (Å²) in [6, 6.07) is 4.67. The fourth-order valence-electron chi connectivity index (χ4n) is 3.17. The van der Waals surface area contributed by atoms with E-state index in [0.29, 0.717) is 18.6 Å². The minimum absolute atomic E-state index is 0.202. The van der Waals surface area contributed by atoms with Crippen molar-refractivity contribution in [2.24, 2.45) is 0 Å². The molecule has 3 nitrogen and oxygen atoms in total. The molecule has 0 bridgehead atoms. The van der Waals surface area contributed by atoms with Gasteiger partial charge in [-0.2, -0.15) is 13.2 Å². The van der Waals surface area contributed by atoms with E-state index in [4.69, 9.17) is 4.74 Å².